The van der Waals surface area contributed by atoms with Crippen molar-refractivity contribution in [1.82, 2.24) is 9.88 Å². The molecule has 0 aliphatic rings. The van der Waals surface area contributed by atoms with E-state index in [-0.39, 0.29) is 11.9 Å². The van der Waals surface area contributed by atoms with Gasteiger partial charge in [-0.2, -0.15) is 0 Å². The van der Waals surface area contributed by atoms with Crippen molar-refractivity contribution in [3.05, 3.63) is 80.8 Å². The topological polar surface area (TPSA) is 42.4 Å². The molecule has 0 spiro atoms. The van der Waals surface area contributed by atoms with E-state index in [9.17, 15) is 4.79 Å². The molecule has 6 heteroatoms. The Morgan fingerprint density at radius 2 is 1.96 bits per heavy atom. The molecule has 28 heavy (non-hydrogen) atoms. The largest absolute Gasteiger partial charge is 0.486 e. The predicted octanol–water partition coefficient (Wildman–Crippen LogP) is 5.73. The quantitative estimate of drug-likeness (QED) is 0.495. The van der Waals surface area contributed by atoms with Crippen LogP contribution in [0.1, 0.15) is 40.5 Å². The van der Waals surface area contributed by atoms with E-state index in [1.807, 2.05) is 67.4 Å². The summed E-state index contributed by atoms with van der Waals surface area (Å²) in [5.74, 6) is 0.769. The fourth-order valence-electron chi connectivity index (χ4n) is 2.77. The van der Waals surface area contributed by atoms with Gasteiger partial charge in [-0.25, -0.2) is 4.98 Å². The summed E-state index contributed by atoms with van der Waals surface area (Å²) in [5.41, 5.74) is 2.65. The van der Waals surface area contributed by atoms with Crippen molar-refractivity contribution in [2.24, 2.45) is 0 Å². The van der Waals surface area contributed by atoms with Crippen LogP contribution in [-0.4, -0.2) is 21.8 Å². The van der Waals surface area contributed by atoms with Crippen LogP contribution in [0, 0.1) is 6.92 Å². The van der Waals surface area contributed by atoms with Crippen LogP contribution in [0.25, 0.3) is 0 Å². The fourth-order valence-corrected chi connectivity index (χ4v) is 3.59. The van der Waals surface area contributed by atoms with Crippen molar-refractivity contribution in [3.8, 4) is 5.75 Å². The molecule has 0 fully saturated rings. The molecule has 0 saturated carbocycles. The number of thiazole rings is 1. The Labute approximate surface area is 174 Å². The van der Waals surface area contributed by atoms with E-state index in [1.165, 1.54) is 11.3 Å². The molecular weight excluding hydrogens is 392 g/mol. The summed E-state index contributed by atoms with van der Waals surface area (Å²) in [5, 5.41) is 3.53. The van der Waals surface area contributed by atoms with Gasteiger partial charge in [0.05, 0.1) is 12.2 Å². The van der Waals surface area contributed by atoms with Gasteiger partial charge in [0.1, 0.15) is 17.4 Å². The number of rotatable bonds is 7. The molecule has 1 aromatic heterocycles. The lowest BCUT2D eigenvalue weighted by molar-refractivity contribution is 0.0688. The average Bonchev–Trinajstić information content (AvgIpc) is 3.12. The Morgan fingerprint density at radius 1 is 1.21 bits per heavy atom. The van der Waals surface area contributed by atoms with Crippen LogP contribution in [0.15, 0.2) is 53.9 Å². The Hall–Kier alpha value is -2.37. The molecule has 1 amide bonds. The third kappa shape index (κ3) is 5.33. The number of aromatic nitrogens is 1. The standard InChI is InChI=1S/C22H23ClN2O2S/c1-15(2)25(22(26)17-6-4-5-16(3)11-17)12-19-14-28-21(24-19)13-27-20-9-7-18(23)8-10-20/h4-11,14-15H,12-13H2,1-3H3. The number of hydrogen-bond donors (Lipinski definition) is 0. The van der Waals surface area contributed by atoms with Crippen LogP contribution in [0.4, 0.5) is 0 Å². The summed E-state index contributed by atoms with van der Waals surface area (Å²) in [4.78, 5) is 19.4. The van der Waals surface area contributed by atoms with Crippen LogP contribution in [0.3, 0.4) is 0 Å². The lowest BCUT2D eigenvalue weighted by Gasteiger charge is -2.26. The van der Waals surface area contributed by atoms with Gasteiger partial charge in [-0.15, -0.1) is 11.3 Å². The first-order chi connectivity index (χ1) is 13.4. The highest BCUT2D eigenvalue weighted by Crippen LogP contribution is 2.20. The number of halogens is 1. The summed E-state index contributed by atoms with van der Waals surface area (Å²) in [6.07, 6.45) is 0. The van der Waals surface area contributed by atoms with Crippen molar-refractivity contribution in [2.45, 2.75) is 40.0 Å². The highest BCUT2D eigenvalue weighted by atomic mass is 35.5. The minimum atomic E-state index is 0.0191. The van der Waals surface area contributed by atoms with Crippen LogP contribution in [0.2, 0.25) is 5.02 Å². The molecule has 0 N–H and O–H groups in total. The van der Waals surface area contributed by atoms with Crippen molar-refractivity contribution in [3.63, 3.8) is 0 Å². The second kappa shape index (κ2) is 9.22. The van der Waals surface area contributed by atoms with Crippen molar-refractivity contribution in [1.29, 1.82) is 0 Å². The van der Waals surface area contributed by atoms with Gasteiger partial charge in [0.15, 0.2) is 0 Å². The van der Waals surface area contributed by atoms with E-state index in [1.54, 1.807) is 12.1 Å². The van der Waals surface area contributed by atoms with E-state index in [0.717, 1.165) is 22.0 Å². The summed E-state index contributed by atoms with van der Waals surface area (Å²) < 4.78 is 5.75. The van der Waals surface area contributed by atoms with E-state index < -0.39 is 0 Å². The Balaban J connectivity index is 1.65. The molecule has 3 aromatic rings. The molecule has 0 bridgehead atoms. The van der Waals surface area contributed by atoms with Gasteiger partial charge in [-0.05, 0) is 57.2 Å². The van der Waals surface area contributed by atoms with Crippen molar-refractivity contribution < 1.29 is 9.53 Å². The Bertz CT molecular complexity index is 938. The van der Waals surface area contributed by atoms with Crippen LogP contribution >= 0.6 is 22.9 Å². The zero-order valence-corrected chi connectivity index (χ0v) is 17.8. The van der Waals surface area contributed by atoms with Crippen LogP contribution in [-0.2, 0) is 13.2 Å². The molecular formula is C22H23ClN2O2S. The van der Waals surface area contributed by atoms with E-state index in [2.05, 4.69) is 4.98 Å². The molecule has 0 aliphatic heterocycles. The monoisotopic (exact) mass is 414 g/mol. The predicted molar refractivity (Wildman–Crippen MR) is 114 cm³/mol. The van der Waals surface area contributed by atoms with Crippen molar-refractivity contribution in [2.75, 3.05) is 0 Å². The molecule has 0 saturated heterocycles. The van der Waals surface area contributed by atoms with Crippen LogP contribution in [0.5, 0.6) is 5.75 Å². The minimum absolute atomic E-state index is 0.0191. The van der Waals surface area contributed by atoms with Gasteiger partial charge in [-0.3, -0.25) is 4.79 Å². The lowest BCUT2D eigenvalue weighted by Crippen LogP contribution is -2.36. The van der Waals surface area contributed by atoms with Gasteiger partial charge in [0.25, 0.3) is 5.91 Å². The highest BCUT2D eigenvalue weighted by molar-refractivity contribution is 7.09. The molecule has 0 unspecified atom stereocenters. The van der Waals surface area contributed by atoms with Gasteiger partial charge in [0, 0.05) is 22.0 Å². The third-order valence-corrected chi connectivity index (χ3v) is 5.38. The first-order valence-electron chi connectivity index (χ1n) is 9.11. The van der Waals surface area contributed by atoms with Gasteiger partial charge in [-0.1, -0.05) is 29.3 Å². The minimum Gasteiger partial charge on any atom is -0.486 e. The molecule has 0 atom stereocenters. The summed E-state index contributed by atoms with van der Waals surface area (Å²) in [7, 11) is 0. The maximum absolute atomic E-state index is 13.0. The summed E-state index contributed by atoms with van der Waals surface area (Å²) in [6.45, 7) is 6.89. The molecule has 0 aliphatic carbocycles. The maximum atomic E-state index is 13.0. The first kappa shape index (κ1) is 20.4. The van der Waals surface area contributed by atoms with Gasteiger partial charge in [0.2, 0.25) is 0 Å². The first-order valence-corrected chi connectivity index (χ1v) is 10.4. The summed E-state index contributed by atoms with van der Waals surface area (Å²) in [6, 6.07) is 15.0. The van der Waals surface area contributed by atoms with E-state index in [4.69, 9.17) is 16.3 Å². The number of carbonyl (C=O) groups excluding carboxylic acids is 1. The second-order valence-corrected chi connectivity index (χ2v) is 8.25. The number of hydrogen-bond acceptors (Lipinski definition) is 4. The average molecular weight is 415 g/mol. The smallest absolute Gasteiger partial charge is 0.254 e. The number of ether oxygens (including phenoxy) is 1. The molecule has 4 nitrogen and oxygen atoms in total. The maximum Gasteiger partial charge on any atom is 0.254 e. The molecule has 1 heterocycles. The Kier molecular flexibility index (Phi) is 6.70. The van der Waals surface area contributed by atoms with Crippen molar-refractivity contribution >= 4 is 28.8 Å². The zero-order chi connectivity index (χ0) is 20.1. The normalized spacial score (nSPS) is 10.9. The fraction of sp³-hybridized carbons (Fsp3) is 0.273. The highest BCUT2D eigenvalue weighted by Gasteiger charge is 2.20. The lowest BCUT2D eigenvalue weighted by atomic mass is 10.1. The molecule has 3 rings (SSSR count). The molecule has 146 valence electrons. The number of aryl methyl sites for hydroxylation is 1. The zero-order valence-electron chi connectivity index (χ0n) is 16.2. The van der Waals surface area contributed by atoms with Crippen LogP contribution < -0.4 is 4.74 Å². The SMILES string of the molecule is Cc1cccc(C(=O)N(Cc2csc(COc3ccc(Cl)cc3)n2)C(C)C)c1. The number of amides is 1. The number of benzene rings is 2. The number of nitrogens with zero attached hydrogens (tertiary/aromatic N) is 2. The summed E-state index contributed by atoms with van der Waals surface area (Å²) >= 11 is 7.42. The van der Waals surface area contributed by atoms with E-state index in [0.29, 0.717) is 23.7 Å². The van der Waals surface area contributed by atoms with Gasteiger partial charge < -0.3 is 9.64 Å². The molecule has 0 radical (unpaired) electrons. The second-order valence-electron chi connectivity index (χ2n) is 6.87. The Morgan fingerprint density at radius 3 is 2.64 bits per heavy atom. The van der Waals surface area contributed by atoms with Gasteiger partial charge >= 0.3 is 0 Å². The van der Waals surface area contributed by atoms with E-state index >= 15 is 0 Å². The third-order valence-electron chi connectivity index (χ3n) is 4.26. The number of carbonyl (C=O) groups is 1. The molecule has 2 aromatic carbocycles.